The zero-order valence-electron chi connectivity index (χ0n) is 5.42. The maximum Gasteiger partial charge on any atom is 0.123 e. The third kappa shape index (κ3) is 1.92. The second kappa shape index (κ2) is 3.42. The molecule has 1 nitrogen and oxygen atoms in total. The molecule has 0 aromatic heterocycles. The van der Waals surface area contributed by atoms with E-state index in [9.17, 15) is 4.79 Å². The van der Waals surface area contributed by atoms with Crippen LogP contribution in [0.2, 0.25) is 0 Å². The van der Waals surface area contributed by atoms with Crippen LogP contribution in [0.5, 0.6) is 0 Å². The number of carbonyl (C=O) groups excluding carboxylic acids is 1. The van der Waals surface area contributed by atoms with Crippen molar-refractivity contribution in [1.82, 2.24) is 0 Å². The molecule has 0 aliphatic carbocycles. The largest absolute Gasteiger partial charge is 0.303 e. The maximum absolute atomic E-state index is 10.1. The first-order valence-electron chi connectivity index (χ1n) is 2.80. The first-order chi connectivity index (χ1) is 3.72. The Bertz CT molecular complexity index is 74.4. The van der Waals surface area contributed by atoms with Crippen molar-refractivity contribution in [2.45, 2.75) is 13.8 Å². The van der Waals surface area contributed by atoms with Crippen molar-refractivity contribution in [3.8, 4) is 0 Å². The molecule has 0 spiro atoms. The molecule has 46 valence electrons. The topological polar surface area (TPSA) is 17.1 Å². The van der Waals surface area contributed by atoms with Crippen LogP contribution in [0.25, 0.3) is 0 Å². The Labute approximate surface area is 50.4 Å². The molecule has 0 rings (SSSR count). The number of allylic oxidation sites excluding steroid dienone is 1. The highest BCUT2D eigenvalue weighted by Crippen LogP contribution is 2.07. The monoisotopic (exact) mass is 112 g/mol. The lowest BCUT2D eigenvalue weighted by atomic mass is 9.98. The minimum absolute atomic E-state index is 0.118. The van der Waals surface area contributed by atoms with E-state index in [-0.39, 0.29) is 5.92 Å². The molecule has 0 aliphatic rings. The van der Waals surface area contributed by atoms with Crippen molar-refractivity contribution < 1.29 is 4.79 Å². The summed E-state index contributed by atoms with van der Waals surface area (Å²) in [5.74, 6) is 0.431. The minimum Gasteiger partial charge on any atom is -0.303 e. The fourth-order valence-electron chi connectivity index (χ4n) is 0.339. The van der Waals surface area contributed by atoms with Gasteiger partial charge >= 0.3 is 0 Å². The molecule has 0 saturated heterocycles. The van der Waals surface area contributed by atoms with E-state index in [0.29, 0.717) is 5.92 Å². The van der Waals surface area contributed by atoms with Gasteiger partial charge in [-0.2, -0.15) is 0 Å². The molecule has 0 aromatic rings. The van der Waals surface area contributed by atoms with E-state index in [4.69, 9.17) is 0 Å². The quantitative estimate of drug-likeness (QED) is 0.400. The Morgan fingerprint density at radius 2 is 1.88 bits per heavy atom. The van der Waals surface area contributed by atoms with Crippen LogP contribution < -0.4 is 0 Å². The summed E-state index contributed by atoms with van der Waals surface area (Å²) in [5.41, 5.74) is 0. The summed E-state index contributed by atoms with van der Waals surface area (Å²) in [7, 11) is 0. The smallest absolute Gasteiger partial charge is 0.123 e. The summed E-state index contributed by atoms with van der Waals surface area (Å²) in [4.78, 5) is 10.1. The van der Waals surface area contributed by atoms with Crippen molar-refractivity contribution >= 4 is 6.29 Å². The third-order valence-corrected chi connectivity index (χ3v) is 1.42. The van der Waals surface area contributed by atoms with Gasteiger partial charge in [-0.05, 0) is 5.92 Å². The second-order valence-electron chi connectivity index (χ2n) is 2.09. The van der Waals surface area contributed by atoms with Crippen molar-refractivity contribution in [1.29, 1.82) is 0 Å². The molecule has 0 bridgehead atoms. The van der Waals surface area contributed by atoms with Gasteiger partial charge in [0, 0.05) is 5.92 Å². The van der Waals surface area contributed by atoms with Gasteiger partial charge in [0.05, 0.1) is 0 Å². The van der Waals surface area contributed by atoms with E-state index in [0.717, 1.165) is 6.29 Å². The Morgan fingerprint density at radius 3 is 2.00 bits per heavy atom. The molecule has 0 heterocycles. The molecule has 0 saturated carbocycles. The SMILES string of the molecule is C=C[C@H](C)C(C)C=O. The molecular weight excluding hydrogens is 100 g/mol. The summed E-state index contributed by atoms with van der Waals surface area (Å²) in [6, 6.07) is 0. The van der Waals surface area contributed by atoms with Gasteiger partial charge in [-0.15, -0.1) is 6.58 Å². The summed E-state index contributed by atoms with van der Waals surface area (Å²) in [6.07, 6.45) is 2.74. The van der Waals surface area contributed by atoms with Crippen LogP contribution in [0.4, 0.5) is 0 Å². The average molecular weight is 112 g/mol. The van der Waals surface area contributed by atoms with Crippen LogP contribution in [-0.2, 0) is 4.79 Å². The molecule has 1 unspecified atom stereocenters. The van der Waals surface area contributed by atoms with E-state index in [1.54, 1.807) is 6.08 Å². The zero-order chi connectivity index (χ0) is 6.57. The van der Waals surface area contributed by atoms with Gasteiger partial charge in [0.15, 0.2) is 0 Å². The van der Waals surface area contributed by atoms with Crippen LogP contribution in [0, 0.1) is 11.8 Å². The number of aldehydes is 1. The predicted octanol–water partition coefficient (Wildman–Crippen LogP) is 1.64. The lowest BCUT2D eigenvalue weighted by molar-refractivity contribution is -0.111. The Kier molecular flexibility index (Phi) is 3.16. The standard InChI is InChI=1S/C7H12O/c1-4-6(2)7(3)5-8/h4-7H,1H2,2-3H3/t6-,7?/m0/s1. The van der Waals surface area contributed by atoms with Gasteiger partial charge in [-0.25, -0.2) is 0 Å². The molecule has 1 heteroatoms. The van der Waals surface area contributed by atoms with Crippen molar-refractivity contribution in [3.05, 3.63) is 12.7 Å². The van der Waals surface area contributed by atoms with E-state index in [2.05, 4.69) is 6.58 Å². The number of carbonyl (C=O) groups is 1. The van der Waals surface area contributed by atoms with E-state index >= 15 is 0 Å². The molecule has 0 N–H and O–H groups in total. The first-order valence-corrected chi connectivity index (χ1v) is 2.80. The number of hydrogen-bond donors (Lipinski definition) is 0. The minimum atomic E-state index is 0.118. The summed E-state index contributed by atoms with van der Waals surface area (Å²) >= 11 is 0. The summed E-state index contributed by atoms with van der Waals surface area (Å²) in [5, 5.41) is 0. The Balaban J connectivity index is 3.60. The molecule has 0 fully saturated rings. The summed E-state index contributed by atoms with van der Waals surface area (Å²) in [6.45, 7) is 7.44. The highest BCUT2D eigenvalue weighted by Gasteiger charge is 2.04. The average Bonchev–Trinajstić information content (AvgIpc) is 1.84. The van der Waals surface area contributed by atoms with Crippen LogP contribution in [0.1, 0.15) is 13.8 Å². The van der Waals surface area contributed by atoms with Gasteiger partial charge in [0.2, 0.25) is 0 Å². The van der Waals surface area contributed by atoms with Gasteiger partial charge in [-0.3, -0.25) is 0 Å². The molecule has 2 atom stereocenters. The Morgan fingerprint density at radius 1 is 1.38 bits per heavy atom. The predicted molar refractivity (Wildman–Crippen MR) is 34.6 cm³/mol. The molecule has 8 heavy (non-hydrogen) atoms. The van der Waals surface area contributed by atoms with Crippen molar-refractivity contribution in [2.24, 2.45) is 11.8 Å². The van der Waals surface area contributed by atoms with E-state index in [1.807, 2.05) is 13.8 Å². The lowest BCUT2D eigenvalue weighted by Crippen LogP contribution is -2.04. The molecule has 0 amide bonds. The van der Waals surface area contributed by atoms with Crippen molar-refractivity contribution in [3.63, 3.8) is 0 Å². The van der Waals surface area contributed by atoms with Gasteiger partial charge in [0.25, 0.3) is 0 Å². The van der Waals surface area contributed by atoms with Crippen LogP contribution in [0.3, 0.4) is 0 Å². The van der Waals surface area contributed by atoms with Crippen molar-refractivity contribution in [2.75, 3.05) is 0 Å². The van der Waals surface area contributed by atoms with Crippen LogP contribution >= 0.6 is 0 Å². The van der Waals surface area contributed by atoms with Gasteiger partial charge in [-0.1, -0.05) is 19.9 Å². The second-order valence-corrected chi connectivity index (χ2v) is 2.09. The van der Waals surface area contributed by atoms with Gasteiger partial charge < -0.3 is 4.79 Å². The lowest BCUT2D eigenvalue weighted by Gasteiger charge is -2.06. The first kappa shape index (κ1) is 7.41. The third-order valence-electron chi connectivity index (χ3n) is 1.42. The fourth-order valence-corrected chi connectivity index (χ4v) is 0.339. The van der Waals surface area contributed by atoms with E-state index < -0.39 is 0 Å². The van der Waals surface area contributed by atoms with Gasteiger partial charge in [0.1, 0.15) is 6.29 Å². The highest BCUT2D eigenvalue weighted by atomic mass is 16.1. The molecular formula is C7H12O. The number of hydrogen-bond acceptors (Lipinski definition) is 1. The van der Waals surface area contributed by atoms with E-state index in [1.165, 1.54) is 0 Å². The maximum atomic E-state index is 10.1. The van der Waals surface area contributed by atoms with Crippen LogP contribution in [0.15, 0.2) is 12.7 Å². The van der Waals surface area contributed by atoms with Crippen LogP contribution in [-0.4, -0.2) is 6.29 Å². The molecule has 0 aromatic carbocycles. The normalized spacial score (nSPS) is 16.8. The zero-order valence-corrected chi connectivity index (χ0v) is 5.42. The molecule has 0 radical (unpaired) electrons. The fraction of sp³-hybridized carbons (Fsp3) is 0.571. The Hall–Kier alpha value is -0.590. The molecule has 0 aliphatic heterocycles. The summed E-state index contributed by atoms with van der Waals surface area (Å²) < 4.78 is 0. The number of rotatable bonds is 3. The highest BCUT2D eigenvalue weighted by molar-refractivity contribution is 5.53.